The van der Waals surface area contributed by atoms with E-state index in [0.717, 1.165) is 16.9 Å². The topological polar surface area (TPSA) is 50.7 Å². The summed E-state index contributed by atoms with van der Waals surface area (Å²) in [6.07, 6.45) is 0. The Balaban J connectivity index is 2.00. The monoisotopic (exact) mass is 287 g/mol. The van der Waals surface area contributed by atoms with Crippen molar-refractivity contribution in [1.82, 2.24) is 5.32 Å². The van der Waals surface area contributed by atoms with Gasteiger partial charge in [-0.1, -0.05) is 18.2 Å². The van der Waals surface area contributed by atoms with Gasteiger partial charge in [-0.05, 0) is 42.3 Å². The smallest absolute Gasteiger partial charge is 0.160 e. The van der Waals surface area contributed by atoms with Crippen molar-refractivity contribution in [3.05, 3.63) is 53.6 Å². The van der Waals surface area contributed by atoms with E-state index >= 15 is 0 Å². The van der Waals surface area contributed by atoms with Crippen LogP contribution in [0.1, 0.15) is 24.1 Å². The molecule has 2 rings (SSSR count). The first kappa shape index (κ1) is 15.2. The van der Waals surface area contributed by atoms with Gasteiger partial charge >= 0.3 is 0 Å². The fourth-order valence-electron chi connectivity index (χ4n) is 2.15. The second kappa shape index (κ2) is 6.99. The second-order valence-electron chi connectivity index (χ2n) is 4.89. The van der Waals surface area contributed by atoms with E-state index in [-0.39, 0.29) is 11.8 Å². The molecule has 2 N–H and O–H groups in total. The molecule has 0 bridgehead atoms. The molecule has 0 aliphatic heterocycles. The van der Waals surface area contributed by atoms with E-state index < -0.39 is 0 Å². The van der Waals surface area contributed by atoms with Gasteiger partial charge < -0.3 is 19.9 Å². The van der Waals surface area contributed by atoms with Gasteiger partial charge in [-0.2, -0.15) is 0 Å². The maximum absolute atomic E-state index is 9.77. The van der Waals surface area contributed by atoms with Gasteiger partial charge in [-0.15, -0.1) is 0 Å². The third-order valence-electron chi connectivity index (χ3n) is 3.45. The summed E-state index contributed by atoms with van der Waals surface area (Å²) in [7, 11) is 3.20. The van der Waals surface area contributed by atoms with Gasteiger partial charge in [0, 0.05) is 12.6 Å². The van der Waals surface area contributed by atoms with E-state index in [1.807, 2.05) is 24.3 Å². The summed E-state index contributed by atoms with van der Waals surface area (Å²) in [5.74, 6) is 1.49. The molecule has 1 atom stereocenters. The fourth-order valence-corrected chi connectivity index (χ4v) is 2.15. The highest BCUT2D eigenvalue weighted by Crippen LogP contribution is 2.26. The number of hydrogen-bond donors (Lipinski definition) is 2. The molecule has 0 aliphatic carbocycles. The first-order chi connectivity index (χ1) is 10.1. The predicted molar refractivity (Wildman–Crippen MR) is 82.9 cm³/mol. The highest BCUT2D eigenvalue weighted by molar-refractivity contribution is 5.41. The Labute approximate surface area is 125 Å². The van der Waals surface area contributed by atoms with Gasteiger partial charge in [0.15, 0.2) is 11.5 Å². The van der Waals surface area contributed by atoms with Crippen molar-refractivity contribution < 1.29 is 14.6 Å². The minimum atomic E-state index is 0.158. The molecule has 1 unspecified atom stereocenters. The van der Waals surface area contributed by atoms with E-state index in [0.29, 0.717) is 12.3 Å². The van der Waals surface area contributed by atoms with Gasteiger partial charge in [0.05, 0.1) is 14.2 Å². The summed E-state index contributed by atoms with van der Waals surface area (Å²) in [5.41, 5.74) is 2.16. The largest absolute Gasteiger partial charge is 0.504 e. The minimum Gasteiger partial charge on any atom is -0.504 e. The number of nitrogens with one attached hydrogen (secondary N) is 1. The molecule has 0 aliphatic rings. The second-order valence-corrected chi connectivity index (χ2v) is 4.89. The van der Waals surface area contributed by atoms with E-state index in [9.17, 15) is 5.11 Å². The Hall–Kier alpha value is -2.20. The molecule has 2 aromatic carbocycles. The summed E-state index contributed by atoms with van der Waals surface area (Å²) < 4.78 is 10.3. The van der Waals surface area contributed by atoms with Gasteiger partial charge in [0.1, 0.15) is 5.75 Å². The molecule has 0 amide bonds. The average Bonchev–Trinajstić information content (AvgIpc) is 2.52. The van der Waals surface area contributed by atoms with Crippen molar-refractivity contribution in [1.29, 1.82) is 0 Å². The van der Waals surface area contributed by atoms with Crippen LogP contribution in [0.2, 0.25) is 0 Å². The highest BCUT2D eigenvalue weighted by atomic mass is 16.5. The Morgan fingerprint density at radius 3 is 2.57 bits per heavy atom. The molecule has 0 heterocycles. The van der Waals surface area contributed by atoms with Crippen LogP contribution in [0.25, 0.3) is 0 Å². The van der Waals surface area contributed by atoms with Crippen molar-refractivity contribution >= 4 is 0 Å². The molecule has 0 saturated carbocycles. The number of rotatable bonds is 6. The van der Waals surface area contributed by atoms with Crippen LogP contribution in [0.4, 0.5) is 0 Å². The third-order valence-corrected chi connectivity index (χ3v) is 3.45. The number of aromatic hydroxyl groups is 1. The summed E-state index contributed by atoms with van der Waals surface area (Å²) in [5, 5.41) is 13.2. The van der Waals surface area contributed by atoms with Crippen LogP contribution in [0, 0.1) is 0 Å². The number of ether oxygens (including phenoxy) is 2. The number of phenolic OH excluding ortho intramolecular Hbond substituents is 1. The molecule has 0 fully saturated rings. The number of hydrogen-bond acceptors (Lipinski definition) is 4. The van der Waals surface area contributed by atoms with Gasteiger partial charge in [-0.25, -0.2) is 0 Å². The maximum Gasteiger partial charge on any atom is 0.160 e. The number of methoxy groups -OCH3 is 2. The van der Waals surface area contributed by atoms with Gasteiger partial charge in [0.2, 0.25) is 0 Å². The summed E-state index contributed by atoms with van der Waals surface area (Å²) >= 11 is 0. The Morgan fingerprint density at radius 1 is 1.10 bits per heavy atom. The standard InChI is InChI=1S/C17H21NO3/c1-12(14-5-4-6-15(10-14)20-2)18-11-13-7-8-17(21-3)16(19)9-13/h4-10,12,18-19H,11H2,1-3H3. The van der Waals surface area contributed by atoms with E-state index in [4.69, 9.17) is 9.47 Å². The van der Waals surface area contributed by atoms with Crippen molar-refractivity contribution in [2.45, 2.75) is 19.5 Å². The molecular weight excluding hydrogens is 266 g/mol. The zero-order valence-electron chi connectivity index (χ0n) is 12.6. The highest BCUT2D eigenvalue weighted by Gasteiger charge is 2.07. The Kier molecular flexibility index (Phi) is 5.06. The van der Waals surface area contributed by atoms with Crippen LogP contribution in [-0.2, 0) is 6.54 Å². The molecule has 0 saturated heterocycles. The van der Waals surface area contributed by atoms with Crippen molar-refractivity contribution in [3.8, 4) is 17.2 Å². The van der Waals surface area contributed by atoms with E-state index in [1.54, 1.807) is 19.2 Å². The van der Waals surface area contributed by atoms with Gasteiger partial charge in [0.25, 0.3) is 0 Å². The molecule has 0 spiro atoms. The first-order valence-electron chi connectivity index (χ1n) is 6.87. The van der Waals surface area contributed by atoms with Crippen LogP contribution in [-0.4, -0.2) is 19.3 Å². The van der Waals surface area contributed by atoms with Crippen LogP contribution >= 0.6 is 0 Å². The molecule has 0 aromatic heterocycles. The number of benzene rings is 2. The zero-order valence-corrected chi connectivity index (χ0v) is 12.6. The lowest BCUT2D eigenvalue weighted by atomic mass is 10.1. The zero-order chi connectivity index (χ0) is 15.2. The first-order valence-corrected chi connectivity index (χ1v) is 6.87. The SMILES string of the molecule is COc1cccc(C(C)NCc2ccc(OC)c(O)c2)c1. The van der Waals surface area contributed by atoms with Gasteiger partial charge in [-0.3, -0.25) is 0 Å². The lowest BCUT2D eigenvalue weighted by Gasteiger charge is -2.15. The lowest BCUT2D eigenvalue weighted by Crippen LogP contribution is -2.18. The molecule has 2 aromatic rings. The lowest BCUT2D eigenvalue weighted by molar-refractivity contribution is 0.373. The third kappa shape index (κ3) is 3.89. The summed E-state index contributed by atoms with van der Waals surface area (Å²) in [6, 6.07) is 13.6. The van der Waals surface area contributed by atoms with Crippen LogP contribution < -0.4 is 14.8 Å². The molecule has 21 heavy (non-hydrogen) atoms. The minimum absolute atomic E-state index is 0.158. The van der Waals surface area contributed by atoms with Crippen molar-refractivity contribution in [2.24, 2.45) is 0 Å². The maximum atomic E-state index is 9.77. The number of phenols is 1. The Morgan fingerprint density at radius 2 is 1.90 bits per heavy atom. The quantitative estimate of drug-likeness (QED) is 0.856. The molecule has 0 radical (unpaired) electrons. The molecular formula is C17H21NO3. The predicted octanol–water partition coefficient (Wildman–Crippen LogP) is 3.26. The van der Waals surface area contributed by atoms with Crippen molar-refractivity contribution in [3.63, 3.8) is 0 Å². The Bertz CT molecular complexity index is 598. The van der Waals surface area contributed by atoms with E-state index in [1.165, 1.54) is 7.11 Å². The summed E-state index contributed by atoms with van der Waals surface area (Å²) in [6.45, 7) is 2.76. The normalized spacial score (nSPS) is 12.0. The molecule has 112 valence electrons. The average molecular weight is 287 g/mol. The van der Waals surface area contributed by atoms with Crippen LogP contribution in [0.3, 0.4) is 0 Å². The van der Waals surface area contributed by atoms with Crippen molar-refractivity contribution in [2.75, 3.05) is 14.2 Å². The fraction of sp³-hybridized carbons (Fsp3) is 0.294. The van der Waals surface area contributed by atoms with Crippen LogP contribution in [0.15, 0.2) is 42.5 Å². The van der Waals surface area contributed by atoms with Crippen LogP contribution in [0.5, 0.6) is 17.2 Å². The summed E-state index contributed by atoms with van der Waals surface area (Å²) in [4.78, 5) is 0. The van der Waals surface area contributed by atoms with E-state index in [2.05, 4.69) is 18.3 Å². The molecule has 4 heteroatoms. The molecule has 4 nitrogen and oxygen atoms in total.